The number of carboxylic acid groups (broad SMARTS) is 1. The molecule has 5 nitrogen and oxygen atoms in total. The van der Waals surface area contributed by atoms with Gasteiger partial charge in [-0.25, -0.2) is 14.8 Å². The monoisotopic (exact) mass is 278 g/mol. The summed E-state index contributed by atoms with van der Waals surface area (Å²) >= 11 is 5.72. The fourth-order valence-corrected chi connectivity index (χ4v) is 1.78. The van der Waals surface area contributed by atoms with Crippen LogP contribution >= 0.6 is 11.6 Å². The van der Waals surface area contributed by atoms with Crippen molar-refractivity contribution in [2.75, 3.05) is 7.11 Å². The normalized spacial score (nSPS) is 10.2. The Balaban J connectivity index is 2.28. The molecule has 0 atom stereocenters. The largest absolute Gasteiger partial charge is 0.497 e. The summed E-state index contributed by atoms with van der Waals surface area (Å²) in [6.45, 7) is 0. The van der Waals surface area contributed by atoms with E-state index in [-0.39, 0.29) is 10.7 Å². The molecule has 19 heavy (non-hydrogen) atoms. The standard InChI is InChI=1S/C13H11ClN2O3/c1-19-9-4-2-3-8(5-9)6-11-15-7-10(14)12(16-11)13(17)18/h2-5,7H,6H2,1H3,(H,17,18). The summed E-state index contributed by atoms with van der Waals surface area (Å²) in [5, 5.41) is 8.97. The summed E-state index contributed by atoms with van der Waals surface area (Å²) in [5.74, 6) is -0.0423. The Morgan fingerprint density at radius 2 is 2.26 bits per heavy atom. The lowest BCUT2D eigenvalue weighted by atomic mass is 10.1. The number of rotatable bonds is 4. The molecule has 2 rings (SSSR count). The van der Waals surface area contributed by atoms with Gasteiger partial charge in [-0.3, -0.25) is 0 Å². The predicted octanol–water partition coefficient (Wildman–Crippen LogP) is 2.43. The molecule has 1 aromatic carbocycles. The van der Waals surface area contributed by atoms with Crippen LogP contribution < -0.4 is 4.74 Å². The topological polar surface area (TPSA) is 72.3 Å². The van der Waals surface area contributed by atoms with Crippen LogP contribution in [0.2, 0.25) is 5.02 Å². The first-order valence-corrected chi connectivity index (χ1v) is 5.85. The number of carbonyl (C=O) groups is 1. The molecule has 0 radical (unpaired) electrons. The summed E-state index contributed by atoms with van der Waals surface area (Å²) in [5.41, 5.74) is 0.743. The lowest BCUT2D eigenvalue weighted by Gasteiger charge is -2.05. The Hall–Kier alpha value is -2.14. The van der Waals surface area contributed by atoms with Gasteiger partial charge < -0.3 is 9.84 Å². The van der Waals surface area contributed by atoms with Crippen molar-refractivity contribution < 1.29 is 14.6 Å². The maximum Gasteiger partial charge on any atom is 0.356 e. The summed E-state index contributed by atoms with van der Waals surface area (Å²) in [4.78, 5) is 18.9. The van der Waals surface area contributed by atoms with Crippen molar-refractivity contribution in [2.45, 2.75) is 6.42 Å². The third-order valence-corrected chi connectivity index (χ3v) is 2.77. The van der Waals surface area contributed by atoms with E-state index in [0.29, 0.717) is 12.2 Å². The van der Waals surface area contributed by atoms with E-state index in [4.69, 9.17) is 21.4 Å². The Labute approximate surface area is 114 Å². The number of hydrogen-bond acceptors (Lipinski definition) is 4. The molecule has 0 spiro atoms. The first-order valence-electron chi connectivity index (χ1n) is 5.48. The summed E-state index contributed by atoms with van der Waals surface area (Å²) in [6.07, 6.45) is 1.71. The Morgan fingerprint density at radius 3 is 2.95 bits per heavy atom. The molecule has 0 saturated carbocycles. The maximum absolute atomic E-state index is 10.9. The van der Waals surface area contributed by atoms with Crippen molar-refractivity contribution in [2.24, 2.45) is 0 Å². The number of aromatic nitrogens is 2. The minimum absolute atomic E-state index is 0.0295. The van der Waals surface area contributed by atoms with Crippen molar-refractivity contribution in [3.05, 3.63) is 52.6 Å². The Bertz CT molecular complexity index is 617. The van der Waals surface area contributed by atoms with E-state index in [1.54, 1.807) is 7.11 Å². The fraction of sp³-hybridized carbons (Fsp3) is 0.154. The number of methoxy groups -OCH3 is 1. The molecule has 0 fully saturated rings. The van der Waals surface area contributed by atoms with Crippen LogP contribution in [0.1, 0.15) is 21.9 Å². The second-order valence-electron chi connectivity index (χ2n) is 3.82. The molecule has 1 N–H and O–H groups in total. The van der Waals surface area contributed by atoms with Gasteiger partial charge in [-0.2, -0.15) is 0 Å². The Morgan fingerprint density at radius 1 is 1.47 bits per heavy atom. The van der Waals surface area contributed by atoms with Crippen molar-refractivity contribution in [1.29, 1.82) is 0 Å². The third kappa shape index (κ3) is 3.20. The van der Waals surface area contributed by atoms with Gasteiger partial charge in [-0.05, 0) is 17.7 Å². The average molecular weight is 279 g/mol. The molecule has 0 aliphatic carbocycles. The highest BCUT2D eigenvalue weighted by atomic mass is 35.5. The van der Waals surface area contributed by atoms with Gasteiger partial charge in [0.15, 0.2) is 5.69 Å². The molecule has 0 unspecified atom stereocenters. The van der Waals surface area contributed by atoms with Crippen LogP contribution in [0.25, 0.3) is 0 Å². The molecule has 2 aromatic rings. The van der Waals surface area contributed by atoms with Crippen LogP contribution in [0.3, 0.4) is 0 Å². The van der Waals surface area contributed by atoms with Gasteiger partial charge in [-0.1, -0.05) is 23.7 Å². The van der Waals surface area contributed by atoms with Crippen molar-refractivity contribution in [3.63, 3.8) is 0 Å². The zero-order valence-corrected chi connectivity index (χ0v) is 10.9. The van der Waals surface area contributed by atoms with Crippen LogP contribution in [0.5, 0.6) is 5.75 Å². The van der Waals surface area contributed by atoms with Gasteiger partial charge in [0, 0.05) is 6.42 Å². The smallest absolute Gasteiger partial charge is 0.356 e. The maximum atomic E-state index is 10.9. The van der Waals surface area contributed by atoms with Gasteiger partial charge in [0.2, 0.25) is 0 Å². The molecule has 0 aliphatic heterocycles. The highest BCUT2D eigenvalue weighted by molar-refractivity contribution is 6.33. The van der Waals surface area contributed by atoms with E-state index >= 15 is 0 Å². The molecule has 0 saturated heterocycles. The van der Waals surface area contributed by atoms with Gasteiger partial charge in [-0.15, -0.1) is 0 Å². The second-order valence-corrected chi connectivity index (χ2v) is 4.22. The van der Waals surface area contributed by atoms with Crippen LogP contribution in [0, 0.1) is 0 Å². The molecular weight excluding hydrogens is 268 g/mol. The Kier molecular flexibility index (Phi) is 3.97. The van der Waals surface area contributed by atoms with Crippen molar-refractivity contribution >= 4 is 17.6 Å². The first kappa shape index (κ1) is 13.3. The van der Waals surface area contributed by atoms with E-state index in [0.717, 1.165) is 11.3 Å². The number of aromatic carboxylic acids is 1. The van der Waals surface area contributed by atoms with Crippen LogP contribution in [0.15, 0.2) is 30.5 Å². The zero-order chi connectivity index (χ0) is 13.8. The summed E-state index contributed by atoms with van der Waals surface area (Å²) < 4.78 is 5.12. The molecule has 1 heterocycles. The lowest BCUT2D eigenvalue weighted by Crippen LogP contribution is -2.06. The summed E-state index contributed by atoms with van der Waals surface area (Å²) in [6, 6.07) is 7.41. The molecule has 1 aromatic heterocycles. The molecular formula is C13H11ClN2O3. The summed E-state index contributed by atoms with van der Waals surface area (Å²) in [7, 11) is 1.58. The van der Waals surface area contributed by atoms with Gasteiger partial charge >= 0.3 is 5.97 Å². The SMILES string of the molecule is COc1cccc(Cc2ncc(Cl)c(C(=O)O)n2)c1. The molecule has 98 valence electrons. The fourth-order valence-electron chi connectivity index (χ4n) is 1.60. The molecule has 0 amide bonds. The quantitative estimate of drug-likeness (QED) is 0.930. The van der Waals surface area contributed by atoms with E-state index in [2.05, 4.69) is 9.97 Å². The first-order chi connectivity index (χ1) is 9.10. The van der Waals surface area contributed by atoms with E-state index in [1.165, 1.54) is 6.20 Å². The number of carboxylic acids is 1. The highest BCUT2D eigenvalue weighted by Crippen LogP contribution is 2.17. The van der Waals surface area contributed by atoms with Crippen LogP contribution in [-0.2, 0) is 6.42 Å². The second kappa shape index (κ2) is 5.67. The van der Waals surface area contributed by atoms with Gasteiger partial charge in [0.25, 0.3) is 0 Å². The third-order valence-electron chi connectivity index (χ3n) is 2.49. The van der Waals surface area contributed by atoms with Crippen molar-refractivity contribution in [1.82, 2.24) is 9.97 Å². The molecule has 6 heteroatoms. The lowest BCUT2D eigenvalue weighted by molar-refractivity contribution is 0.0690. The average Bonchev–Trinajstić information content (AvgIpc) is 2.41. The number of benzene rings is 1. The minimum Gasteiger partial charge on any atom is -0.497 e. The minimum atomic E-state index is -1.17. The number of nitrogens with zero attached hydrogens (tertiary/aromatic N) is 2. The van der Waals surface area contributed by atoms with Gasteiger partial charge in [0.05, 0.1) is 18.3 Å². The molecule has 0 bridgehead atoms. The van der Waals surface area contributed by atoms with E-state index in [1.807, 2.05) is 24.3 Å². The highest BCUT2D eigenvalue weighted by Gasteiger charge is 2.12. The van der Waals surface area contributed by atoms with Crippen LogP contribution in [0.4, 0.5) is 0 Å². The van der Waals surface area contributed by atoms with E-state index < -0.39 is 5.97 Å². The number of hydrogen-bond donors (Lipinski definition) is 1. The van der Waals surface area contributed by atoms with Crippen molar-refractivity contribution in [3.8, 4) is 5.75 Å². The number of ether oxygens (including phenoxy) is 1. The van der Waals surface area contributed by atoms with E-state index in [9.17, 15) is 4.79 Å². The molecule has 0 aliphatic rings. The zero-order valence-electron chi connectivity index (χ0n) is 10.1. The van der Waals surface area contributed by atoms with Crippen LogP contribution in [-0.4, -0.2) is 28.2 Å². The predicted molar refractivity (Wildman–Crippen MR) is 69.8 cm³/mol. The number of halogens is 1. The van der Waals surface area contributed by atoms with Gasteiger partial charge in [0.1, 0.15) is 11.6 Å².